The number of unbranched alkanes of at least 4 members (excludes halogenated alkanes) is 1. The third-order valence-corrected chi connectivity index (χ3v) is 5.02. The lowest BCUT2D eigenvalue weighted by atomic mass is 10.3. The van der Waals surface area contributed by atoms with Gasteiger partial charge in [0.2, 0.25) is 0 Å². The molecule has 108 valence electrons. The van der Waals surface area contributed by atoms with E-state index in [1.54, 1.807) is 31.4 Å². The second kappa shape index (κ2) is 8.68. The highest BCUT2D eigenvalue weighted by Gasteiger charge is 2.13. The van der Waals surface area contributed by atoms with E-state index in [4.69, 9.17) is 4.74 Å². The fourth-order valence-electron chi connectivity index (χ4n) is 1.60. The molecule has 0 aliphatic carbocycles. The van der Waals surface area contributed by atoms with E-state index in [1.807, 2.05) is 0 Å². The van der Waals surface area contributed by atoms with Crippen molar-refractivity contribution in [1.29, 1.82) is 0 Å². The fraction of sp³-hybridized carbons (Fsp3) is 0.538. The van der Waals surface area contributed by atoms with E-state index in [1.165, 1.54) is 0 Å². The van der Waals surface area contributed by atoms with Gasteiger partial charge in [-0.2, -0.15) is 0 Å². The van der Waals surface area contributed by atoms with Crippen LogP contribution in [0.15, 0.2) is 33.6 Å². The summed E-state index contributed by atoms with van der Waals surface area (Å²) in [5.74, 6) is 0.195. The molecule has 0 spiro atoms. The lowest BCUT2D eigenvalue weighted by molar-refractivity contribution is 0.199. The first-order chi connectivity index (χ1) is 9.06. The molecule has 0 amide bonds. The monoisotopic (exact) mass is 349 g/mol. The molecule has 1 rings (SSSR count). The number of nitrogens with one attached hydrogen (secondary N) is 1. The Morgan fingerprint density at radius 2 is 1.84 bits per heavy atom. The Bertz CT molecular complexity index is 459. The average molecular weight is 350 g/mol. The zero-order chi connectivity index (χ0) is 14.1. The van der Waals surface area contributed by atoms with E-state index in [9.17, 15) is 8.42 Å². The molecule has 19 heavy (non-hydrogen) atoms. The minimum Gasteiger partial charge on any atom is -0.383 e. The Hall–Kier alpha value is -0.430. The number of ether oxygens (including phenoxy) is 1. The van der Waals surface area contributed by atoms with Crippen LogP contribution in [0.4, 0.5) is 0 Å². The van der Waals surface area contributed by atoms with Crippen LogP contribution in [0.1, 0.15) is 12.8 Å². The predicted molar refractivity (Wildman–Crippen MR) is 80.2 cm³/mol. The van der Waals surface area contributed by atoms with Crippen LogP contribution in [0, 0.1) is 0 Å². The smallest absolute Gasteiger partial charge is 0.178 e. The molecule has 1 aromatic rings. The minimum atomic E-state index is -3.15. The van der Waals surface area contributed by atoms with Gasteiger partial charge in [0, 0.05) is 18.1 Å². The van der Waals surface area contributed by atoms with Gasteiger partial charge in [-0.05, 0) is 43.7 Å². The SMILES string of the molecule is COCCNCCCCS(=O)(=O)c1ccc(Br)cc1. The molecule has 0 aromatic heterocycles. The molecule has 0 atom stereocenters. The number of benzene rings is 1. The largest absolute Gasteiger partial charge is 0.383 e. The first-order valence-electron chi connectivity index (χ1n) is 6.24. The lowest BCUT2D eigenvalue weighted by Gasteiger charge is -2.06. The molecule has 4 nitrogen and oxygen atoms in total. The van der Waals surface area contributed by atoms with Crippen LogP contribution in [-0.4, -0.2) is 41.0 Å². The zero-order valence-corrected chi connectivity index (χ0v) is 13.5. The third-order valence-electron chi connectivity index (χ3n) is 2.67. The van der Waals surface area contributed by atoms with E-state index >= 15 is 0 Å². The van der Waals surface area contributed by atoms with Crippen LogP contribution in [0.5, 0.6) is 0 Å². The Labute approximate surface area is 123 Å². The number of hydrogen-bond acceptors (Lipinski definition) is 4. The van der Waals surface area contributed by atoms with Crippen LogP contribution >= 0.6 is 15.9 Å². The van der Waals surface area contributed by atoms with E-state index in [0.717, 1.165) is 24.0 Å². The zero-order valence-electron chi connectivity index (χ0n) is 11.1. The van der Waals surface area contributed by atoms with Gasteiger partial charge >= 0.3 is 0 Å². The second-order valence-electron chi connectivity index (χ2n) is 4.22. The van der Waals surface area contributed by atoms with Gasteiger partial charge in [0.25, 0.3) is 0 Å². The van der Waals surface area contributed by atoms with Crippen LogP contribution < -0.4 is 5.32 Å². The van der Waals surface area contributed by atoms with Crippen molar-refractivity contribution < 1.29 is 13.2 Å². The third kappa shape index (κ3) is 6.51. The number of methoxy groups -OCH3 is 1. The first kappa shape index (κ1) is 16.6. The van der Waals surface area contributed by atoms with Gasteiger partial charge in [0.15, 0.2) is 9.84 Å². The maximum absolute atomic E-state index is 12.0. The minimum absolute atomic E-state index is 0.195. The summed E-state index contributed by atoms with van der Waals surface area (Å²) >= 11 is 3.29. The van der Waals surface area contributed by atoms with E-state index in [2.05, 4.69) is 21.2 Å². The Morgan fingerprint density at radius 1 is 1.16 bits per heavy atom. The Morgan fingerprint density at radius 3 is 2.47 bits per heavy atom. The van der Waals surface area contributed by atoms with Crippen molar-refractivity contribution in [2.75, 3.05) is 32.6 Å². The van der Waals surface area contributed by atoms with Gasteiger partial charge in [-0.1, -0.05) is 15.9 Å². The van der Waals surface area contributed by atoms with Crippen LogP contribution in [0.2, 0.25) is 0 Å². The summed E-state index contributed by atoms with van der Waals surface area (Å²) in [6, 6.07) is 6.77. The van der Waals surface area contributed by atoms with Gasteiger partial charge in [-0.3, -0.25) is 0 Å². The molecule has 0 fully saturated rings. The molecule has 0 saturated carbocycles. The van der Waals surface area contributed by atoms with Crippen molar-refractivity contribution in [2.24, 2.45) is 0 Å². The number of hydrogen-bond donors (Lipinski definition) is 1. The molecule has 0 radical (unpaired) electrons. The highest BCUT2D eigenvalue weighted by atomic mass is 79.9. The maximum atomic E-state index is 12.0. The Balaban J connectivity index is 2.29. The molecular formula is C13H20BrNO3S. The summed E-state index contributed by atoms with van der Waals surface area (Å²) in [4.78, 5) is 0.392. The van der Waals surface area contributed by atoms with Gasteiger partial charge < -0.3 is 10.1 Å². The van der Waals surface area contributed by atoms with Crippen molar-refractivity contribution in [3.05, 3.63) is 28.7 Å². The Kier molecular flexibility index (Phi) is 7.60. The van der Waals surface area contributed by atoms with Crippen molar-refractivity contribution in [3.8, 4) is 0 Å². The van der Waals surface area contributed by atoms with Gasteiger partial charge in [0.1, 0.15) is 0 Å². The lowest BCUT2D eigenvalue weighted by Crippen LogP contribution is -2.20. The molecular weight excluding hydrogens is 330 g/mol. The summed E-state index contributed by atoms with van der Waals surface area (Å²) in [6.45, 7) is 2.30. The standard InChI is InChI=1S/C13H20BrNO3S/c1-18-10-9-15-8-2-3-11-19(16,17)13-6-4-12(14)5-7-13/h4-7,15H,2-3,8-11H2,1H3. The number of rotatable bonds is 9. The highest BCUT2D eigenvalue weighted by molar-refractivity contribution is 9.10. The summed E-state index contributed by atoms with van der Waals surface area (Å²) in [7, 11) is -1.49. The van der Waals surface area contributed by atoms with E-state index in [0.29, 0.717) is 17.9 Å². The summed E-state index contributed by atoms with van der Waals surface area (Å²) < 4.78 is 29.8. The maximum Gasteiger partial charge on any atom is 0.178 e. The second-order valence-corrected chi connectivity index (χ2v) is 7.25. The highest BCUT2D eigenvalue weighted by Crippen LogP contribution is 2.16. The van der Waals surface area contributed by atoms with Crippen LogP contribution in [0.3, 0.4) is 0 Å². The number of halogens is 1. The average Bonchev–Trinajstić information content (AvgIpc) is 2.38. The molecule has 0 heterocycles. The van der Waals surface area contributed by atoms with Crippen LogP contribution in [-0.2, 0) is 14.6 Å². The van der Waals surface area contributed by atoms with Gasteiger partial charge in [-0.15, -0.1) is 0 Å². The summed E-state index contributed by atoms with van der Waals surface area (Å²) in [6.07, 6.45) is 1.51. The van der Waals surface area contributed by atoms with Gasteiger partial charge in [-0.25, -0.2) is 8.42 Å². The predicted octanol–water partition coefficient (Wildman–Crippen LogP) is 2.24. The quantitative estimate of drug-likeness (QED) is 0.694. The normalized spacial score (nSPS) is 11.7. The first-order valence-corrected chi connectivity index (χ1v) is 8.69. The van der Waals surface area contributed by atoms with E-state index in [-0.39, 0.29) is 5.75 Å². The molecule has 0 saturated heterocycles. The molecule has 6 heteroatoms. The molecule has 0 bridgehead atoms. The molecule has 1 aromatic carbocycles. The van der Waals surface area contributed by atoms with Gasteiger partial charge in [0.05, 0.1) is 17.3 Å². The fourth-order valence-corrected chi connectivity index (χ4v) is 3.24. The number of sulfone groups is 1. The molecule has 0 unspecified atom stereocenters. The van der Waals surface area contributed by atoms with Crippen molar-refractivity contribution in [1.82, 2.24) is 5.32 Å². The molecule has 0 aliphatic heterocycles. The molecule has 0 aliphatic rings. The van der Waals surface area contributed by atoms with Crippen molar-refractivity contribution in [3.63, 3.8) is 0 Å². The summed E-state index contributed by atoms with van der Waals surface area (Å²) in [5.41, 5.74) is 0. The topological polar surface area (TPSA) is 55.4 Å². The van der Waals surface area contributed by atoms with Crippen LogP contribution in [0.25, 0.3) is 0 Å². The van der Waals surface area contributed by atoms with Crippen molar-refractivity contribution in [2.45, 2.75) is 17.7 Å². The molecule has 1 N–H and O–H groups in total. The summed E-state index contributed by atoms with van der Waals surface area (Å²) in [5, 5.41) is 3.19. The van der Waals surface area contributed by atoms with Crippen molar-refractivity contribution >= 4 is 25.8 Å². The van der Waals surface area contributed by atoms with E-state index < -0.39 is 9.84 Å².